The standard InChI is InChI=1S/C8H12Br2/c9-7-5-6-1-3-8(7,10)4-2-6/h6-7H,1-5H2. The Morgan fingerprint density at radius 3 is 2.10 bits per heavy atom. The molecule has 58 valence electrons. The quantitative estimate of drug-likeness (QED) is 0.590. The number of rotatable bonds is 0. The average molecular weight is 268 g/mol. The van der Waals surface area contributed by atoms with E-state index in [2.05, 4.69) is 31.9 Å². The second-order valence-electron chi connectivity index (χ2n) is 3.68. The first-order valence-electron chi connectivity index (χ1n) is 4.04. The molecule has 3 rings (SSSR count). The van der Waals surface area contributed by atoms with Gasteiger partial charge in [-0.05, 0) is 38.0 Å². The Hall–Kier alpha value is 0.960. The Morgan fingerprint density at radius 2 is 1.80 bits per heavy atom. The summed E-state index contributed by atoms with van der Waals surface area (Å²) >= 11 is 7.61. The van der Waals surface area contributed by atoms with E-state index in [1.807, 2.05) is 0 Å². The van der Waals surface area contributed by atoms with Gasteiger partial charge in [0.05, 0.1) is 0 Å². The van der Waals surface area contributed by atoms with Gasteiger partial charge in [0, 0.05) is 9.15 Å². The van der Waals surface area contributed by atoms with Gasteiger partial charge >= 0.3 is 0 Å². The Labute approximate surface area is 79.0 Å². The predicted molar refractivity (Wildman–Crippen MR) is 50.9 cm³/mol. The summed E-state index contributed by atoms with van der Waals surface area (Å²) < 4.78 is 0.474. The first-order valence-corrected chi connectivity index (χ1v) is 5.74. The molecule has 0 N–H and O–H groups in total. The number of fused-ring (bicyclic) bond motifs is 3. The summed E-state index contributed by atoms with van der Waals surface area (Å²) in [5.74, 6) is 1.03. The Balaban J connectivity index is 2.17. The third kappa shape index (κ3) is 1.08. The maximum atomic E-state index is 3.85. The lowest BCUT2D eigenvalue weighted by Gasteiger charge is -2.46. The topological polar surface area (TPSA) is 0 Å². The average Bonchev–Trinajstić information content (AvgIpc) is 1.92. The molecule has 10 heavy (non-hydrogen) atoms. The highest BCUT2D eigenvalue weighted by Crippen LogP contribution is 2.52. The van der Waals surface area contributed by atoms with Gasteiger partial charge in [0.25, 0.3) is 0 Å². The predicted octanol–water partition coefficient (Wildman–Crippen LogP) is 3.48. The van der Waals surface area contributed by atoms with E-state index in [1.165, 1.54) is 32.1 Å². The first-order chi connectivity index (χ1) is 4.71. The van der Waals surface area contributed by atoms with E-state index in [9.17, 15) is 0 Å². The highest BCUT2D eigenvalue weighted by atomic mass is 79.9. The van der Waals surface area contributed by atoms with Crippen molar-refractivity contribution in [2.45, 2.75) is 41.3 Å². The highest BCUT2D eigenvalue weighted by molar-refractivity contribution is 9.12. The van der Waals surface area contributed by atoms with Crippen LogP contribution in [-0.4, -0.2) is 9.15 Å². The molecule has 2 bridgehead atoms. The van der Waals surface area contributed by atoms with Crippen molar-refractivity contribution in [1.82, 2.24) is 0 Å². The molecule has 0 aliphatic heterocycles. The summed E-state index contributed by atoms with van der Waals surface area (Å²) in [6.45, 7) is 0. The molecule has 0 heterocycles. The lowest BCUT2D eigenvalue weighted by molar-refractivity contribution is 0.218. The molecule has 0 amide bonds. The van der Waals surface area contributed by atoms with Gasteiger partial charge in [0.1, 0.15) is 0 Å². The van der Waals surface area contributed by atoms with E-state index >= 15 is 0 Å². The summed E-state index contributed by atoms with van der Waals surface area (Å²) in [4.78, 5) is 0.743. The van der Waals surface area contributed by atoms with E-state index in [4.69, 9.17) is 0 Å². The smallest absolute Gasteiger partial charge is 0.0383 e. The van der Waals surface area contributed by atoms with E-state index in [-0.39, 0.29) is 0 Å². The van der Waals surface area contributed by atoms with Crippen molar-refractivity contribution in [1.29, 1.82) is 0 Å². The van der Waals surface area contributed by atoms with E-state index in [1.54, 1.807) is 0 Å². The minimum atomic E-state index is 0.474. The van der Waals surface area contributed by atoms with Crippen LogP contribution in [0.5, 0.6) is 0 Å². The van der Waals surface area contributed by atoms with Gasteiger partial charge in [-0.1, -0.05) is 31.9 Å². The normalized spacial score (nSPS) is 53.4. The third-order valence-corrected chi connectivity index (χ3v) is 6.25. The van der Waals surface area contributed by atoms with Crippen LogP contribution in [0.3, 0.4) is 0 Å². The van der Waals surface area contributed by atoms with Crippen LogP contribution >= 0.6 is 31.9 Å². The Morgan fingerprint density at radius 1 is 1.20 bits per heavy atom. The molecule has 0 radical (unpaired) electrons. The van der Waals surface area contributed by atoms with Crippen molar-refractivity contribution >= 4 is 31.9 Å². The van der Waals surface area contributed by atoms with Crippen LogP contribution in [-0.2, 0) is 0 Å². The van der Waals surface area contributed by atoms with Crippen molar-refractivity contribution in [2.75, 3.05) is 0 Å². The molecule has 3 fully saturated rings. The van der Waals surface area contributed by atoms with Crippen molar-refractivity contribution in [3.63, 3.8) is 0 Å². The molecular formula is C8H12Br2. The van der Waals surface area contributed by atoms with Crippen LogP contribution < -0.4 is 0 Å². The Kier molecular flexibility index (Phi) is 1.88. The van der Waals surface area contributed by atoms with Gasteiger partial charge in [0.15, 0.2) is 0 Å². The summed E-state index contributed by atoms with van der Waals surface area (Å²) in [6, 6.07) is 0. The fourth-order valence-electron chi connectivity index (χ4n) is 2.21. The molecule has 3 saturated carbocycles. The van der Waals surface area contributed by atoms with Gasteiger partial charge in [-0.25, -0.2) is 0 Å². The zero-order valence-electron chi connectivity index (χ0n) is 5.95. The minimum Gasteiger partial charge on any atom is -0.0875 e. The zero-order valence-corrected chi connectivity index (χ0v) is 9.12. The second-order valence-corrected chi connectivity index (χ2v) is 6.37. The SMILES string of the molecule is BrC1CC2CCC1(Br)CC2. The zero-order chi connectivity index (χ0) is 7.19. The van der Waals surface area contributed by atoms with Gasteiger partial charge in [-0.2, -0.15) is 0 Å². The number of hydrogen-bond acceptors (Lipinski definition) is 0. The van der Waals surface area contributed by atoms with Gasteiger partial charge in [-0.3, -0.25) is 0 Å². The molecule has 0 saturated heterocycles. The van der Waals surface area contributed by atoms with Crippen LogP contribution in [0.15, 0.2) is 0 Å². The molecule has 1 atom stereocenters. The Bertz CT molecular complexity index is 136. The number of halogens is 2. The maximum absolute atomic E-state index is 3.85. The van der Waals surface area contributed by atoms with Crippen molar-refractivity contribution in [2.24, 2.45) is 5.92 Å². The molecular weight excluding hydrogens is 256 g/mol. The van der Waals surface area contributed by atoms with Crippen LogP contribution in [0, 0.1) is 5.92 Å². The molecule has 1 unspecified atom stereocenters. The summed E-state index contributed by atoms with van der Waals surface area (Å²) in [7, 11) is 0. The largest absolute Gasteiger partial charge is 0.0875 e. The van der Waals surface area contributed by atoms with E-state index in [0.29, 0.717) is 4.32 Å². The molecule has 3 aliphatic carbocycles. The highest BCUT2D eigenvalue weighted by Gasteiger charge is 2.44. The number of hydrogen-bond donors (Lipinski definition) is 0. The van der Waals surface area contributed by atoms with Gasteiger partial charge in [-0.15, -0.1) is 0 Å². The maximum Gasteiger partial charge on any atom is 0.0383 e. The minimum absolute atomic E-state index is 0.474. The molecule has 2 heteroatoms. The first kappa shape index (κ1) is 7.60. The lowest BCUT2D eigenvalue weighted by atomic mass is 9.71. The molecule has 0 nitrogen and oxygen atoms in total. The molecule has 0 aromatic heterocycles. The van der Waals surface area contributed by atoms with Crippen molar-refractivity contribution < 1.29 is 0 Å². The summed E-state index contributed by atoms with van der Waals surface area (Å²) in [6.07, 6.45) is 7.06. The molecule has 0 aromatic rings. The second kappa shape index (κ2) is 2.48. The van der Waals surface area contributed by atoms with Gasteiger partial charge < -0.3 is 0 Å². The van der Waals surface area contributed by atoms with Crippen LogP contribution in [0.2, 0.25) is 0 Å². The van der Waals surface area contributed by atoms with E-state index < -0.39 is 0 Å². The van der Waals surface area contributed by atoms with Crippen LogP contribution in [0.25, 0.3) is 0 Å². The molecule has 3 aliphatic rings. The monoisotopic (exact) mass is 266 g/mol. The molecule has 0 aromatic carbocycles. The third-order valence-electron chi connectivity index (χ3n) is 3.04. The van der Waals surface area contributed by atoms with Crippen molar-refractivity contribution in [3.05, 3.63) is 0 Å². The summed E-state index contributed by atoms with van der Waals surface area (Å²) in [5, 5.41) is 0. The van der Waals surface area contributed by atoms with Crippen LogP contribution in [0.1, 0.15) is 32.1 Å². The van der Waals surface area contributed by atoms with Crippen LogP contribution in [0.4, 0.5) is 0 Å². The fourth-order valence-corrected chi connectivity index (χ4v) is 3.84. The summed E-state index contributed by atoms with van der Waals surface area (Å²) in [5.41, 5.74) is 0. The van der Waals surface area contributed by atoms with Crippen molar-refractivity contribution in [3.8, 4) is 0 Å². The fraction of sp³-hybridized carbons (Fsp3) is 1.00. The van der Waals surface area contributed by atoms with E-state index in [0.717, 1.165) is 10.7 Å². The molecule has 0 spiro atoms. The van der Waals surface area contributed by atoms with Gasteiger partial charge in [0.2, 0.25) is 0 Å². The lowest BCUT2D eigenvalue weighted by Crippen LogP contribution is -2.43. The number of alkyl halides is 2.